The highest BCUT2D eigenvalue weighted by Crippen LogP contribution is 2.23. The first kappa shape index (κ1) is 12.6. The lowest BCUT2D eigenvalue weighted by Gasteiger charge is -2.17. The van der Waals surface area contributed by atoms with Crippen LogP contribution in [0.2, 0.25) is 0 Å². The van der Waals surface area contributed by atoms with Crippen LogP contribution < -0.4 is 5.73 Å². The predicted molar refractivity (Wildman–Crippen MR) is 58.1 cm³/mol. The van der Waals surface area contributed by atoms with Crippen LogP contribution in [0.4, 0.5) is 0 Å². The number of aromatic hydroxyl groups is 1. The fraction of sp³-hybridized carbons (Fsp3) is 0.364. The minimum Gasteiger partial charge on any atom is -0.507 e. The van der Waals surface area contributed by atoms with Crippen molar-refractivity contribution in [1.29, 1.82) is 0 Å². The van der Waals surface area contributed by atoms with Crippen molar-refractivity contribution in [2.75, 3.05) is 6.54 Å². The Kier molecular flexibility index (Phi) is 4.42. The number of benzene rings is 1. The number of phenols is 1. The number of carbonyl (C=O) groups is 1. The molecule has 0 amide bonds. The van der Waals surface area contributed by atoms with Crippen LogP contribution in [0.1, 0.15) is 28.4 Å². The Hall–Kier alpha value is -1.43. The molecule has 0 spiro atoms. The monoisotopic (exact) mass is 225 g/mol. The number of carbonyl (C=O) groups excluding carboxylic acids is 1. The van der Waals surface area contributed by atoms with Gasteiger partial charge in [-0.1, -0.05) is 6.07 Å². The molecule has 1 aromatic carbocycles. The quantitative estimate of drug-likeness (QED) is 0.526. The van der Waals surface area contributed by atoms with Gasteiger partial charge in [0.15, 0.2) is 6.29 Å². The Morgan fingerprint density at radius 3 is 2.62 bits per heavy atom. The molecule has 0 saturated carbocycles. The van der Waals surface area contributed by atoms with E-state index in [-0.39, 0.29) is 24.3 Å². The van der Waals surface area contributed by atoms with Crippen molar-refractivity contribution in [2.24, 2.45) is 5.73 Å². The lowest BCUT2D eigenvalue weighted by atomic mass is 10.00. The van der Waals surface area contributed by atoms with E-state index in [0.717, 1.165) is 0 Å². The highest BCUT2D eigenvalue weighted by atomic mass is 16.3. The van der Waals surface area contributed by atoms with Gasteiger partial charge in [-0.2, -0.15) is 0 Å². The van der Waals surface area contributed by atoms with E-state index in [9.17, 15) is 20.1 Å². The van der Waals surface area contributed by atoms with Gasteiger partial charge in [0.1, 0.15) is 11.9 Å². The molecule has 0 aliphatic heterocycles. The Labute approximate surface area is 93.1 Å². The van der Waals surface area contributed by atoms with Crippen molar-refractivity contribution in [3.63, 3.8) is 0 Å². The third-order valence-electron chi connectivity index (χ3n) is 2.35. The summed E-state index contributed by atoms with van der Waals surface area (Å²) >= 11 is 0. The minimum atomic E-state index is -1.11. The van der Waals surface area contributed by atoms with Gasteiger partial charge in [0, 0.05) is 0 Å². The van der Waals surface area contributed by atoms with Crippen LogP contribution in [0.3, 0.4) is 0 Å². The summed E-state index contributed by atoms with van der Waals surface area (Å²) in [6, 6.07) is 4.09. The molecule has 2 unspecified atom stereocenters. The van der Waals surface area contributed by atoms with Gasteiger partial charge in [0.25, 0.3) is 0 Å². The molecular formula is C11H15NO4. The maximum atomic E-state index is 10.6. The van der Waals surface area contributed by atoms with Crippen LogP contribution in [0.5, 0.6) is 5.75 Å². The Morgan fingerprint density at radius 2 is 2.06 bits per heavy atom. The molecule has 0 aliphatic rings. The van der Waals surface area contributed by atoms with Gasteiger partial charge in [-0.25, -0.2) is 0 Å². The third-order valence-corrected chi connectivity index (χ3v) is 2.35. The van der Waals surface area contributed by atoms with Crippen LogP contribution in [0.25, 0.3) is 0 Å². The summed E-state index contributed by atoms with van der Waals surface area (Å²) in [5.74, 6) is -0.153. The average molecular weight is 225 g/mol. The van der Waals surface area contributed by atoms with Gasteiger partial charge in [-0.05, 0) is 30.7 Å². The van der Waals surface area contributed by atoms with Gasteiger partial charge < -0.3 is 21.1 Å². The average Bonchev–Trinajstić information content (AvgIpc) is 2.29. The van der Waals surface area contributed by atoms with Gasteiger partial charge in [0.05, 0.1) is 11.7 Å². The smallest absolute Gasteiger partial charge is 0.153 e. The van der Waals surface area contributed by atoms with Crippen LogP contribution in [0.15, 0.2) is 18.2 Å². The van der Waals surface area contributed by atoms with Crippen molar-refractivity contribution in [3.8, 4) is 5.75 Å². The second-order valence-electron chi connectivity index (χ2n) is 3.53. The summed E-state index contributed by atoms with van der Waals surface area (Å²) in [5.41, 5.74) is 5.71. The molecule has 2 atom stereocenters. The van der Waals surface area contributed by atoms with Gasteiger partial charge >= 0.3 is 0 Å². The zero-order valence-corrected chi connectivity index (χ0v) is 8.71. The number of hydrogen-bond donors (Lipinski definition) is 4. The molecular weight excluding hydrogens is 210 g/mol. The van der Waals surface area contributed by atoms with E-state index < -0.39 is 12.2 Å². The molecule has 0 bridgehead atoms. The van der Waals surface area contributed by atoms with E-state index >= 15 is 0 Å². The van der Waals surface area contributed by atoms with Crippen LogP contribution in [-0.2, 0) is 0 Å². The van der Waals surface area contributed by atoms with Crippen molar-refractivity contribution in [2.45, 2.75) is 18.6 Å². The second kappa shape index (κ2) is 5.60. The Balaban J connectivity index is 2.91. The first-order chi connectivity index (χ1) is 7.60. The van der Waals surface area contributed by atoms with Crippen LogP contribution in [0, 0.1) is 0 Å². The van der Waals surface area contributed by atoms with E-state index in [2.05, 4.69) is 0 Å². The van der Waals surface area contributed by atoms with Crippen molar-refractivity contribution < 1.29 is 20.1 Å². The predicted octanol–water partition coefficient (Wildman–Crippen LogP) is -0.0522. The second-order valence-corrected chi connectivity index (χ2v) is 3.53. The Bertz CT molecular complexity index is 367. The molecule has 88 valence electrons. The lowest BCUT2D eigenvalue weighted by Crippen LogP contribution is -2.21. The Morgan fingerprint density at radius 1 is 1.38 bits per heavy atom. The SMILES string of the molecule is NCCC(O)C(O)c1ccc(O)c(C=O)c1. The first-order valence-corrected chi connectivity index (χ1v) is 4.94. The van der Waals surface area contributed by atoms with E-state index in [4.69, 9.17) is 5.73 Å². The summed E-state index contributed by atoms with van der Waals surface area (Å²) in [6.45, 7) is 0.261. The summed E-state index contributed by atoms with van der Waals surface area (Å²) in [7, 11) is 0. The topological polar surface area (TPSA) is 104 Å². The number of phenolic OH excluding ortho intramolecular Hbond substituents is 1. The summed E-state index contributed by atoms with van der Waals surface area (Å²) < 4.78 is 0. The number of aliphatic hydroxyl groups excluding tert-OH is 2. The molecule has 5 heteroatoms. The standard InChI is InChI=1S/C11H15NO4/c12-4-3-10(15)11(16)7-1-2-9(14)8(5-7)6-13/h1-2,5-6,10-11,14-16H,3-4,12H2. The lowest BCUT2D eigenvalue weighted by molar-refractivity contribution is 0.0150. The number of rotatable bonds is 5. The number of aliphatic hydroxyl groups is 2. The zero-order valence-electron chi connectivity index (χ0n) is 8.71. The summed E-state index contributed by atoms with van der Waals surface area (Å²) in [5, 5.41) is 28.5. The molecule has 5 N–H and O–H groups in total. The fourth-order valence-corrected chi connectivity index (χ4v) is 1.40. The number of nitrogens with two attached hydrogens (primary N) is 1. The molecule has 0 aromatic heterocycles. The van der Waals surface area contributed by atoms with Crippen molar-refractivity contribution >= 4 is 6.29 Å². The molecule has 1 rings (SSSR count). The molecule has 0 aliphatic carbocycles. The molecule has 1 aromatic rings. The van der Waals surface area contributed by atoms with Gasteiger partial charge in [0.2, 0.25) is 0 Å². The van der Waals surface area contributed by atoms with E-state index in [1.54, 1.807) is 0 Å². The molecule has 16 heavy (non-hydrogen) atoms. The maximum absolute atomic E-state index is 10.6. The summed E-state index contributed by atoms with van der Waals surface area (Å²) in [4.78, 5) is 10.6. The van der Waals surface area contributed by atoms with Crippen molar-refractivity contribution in [3.05, 3.63) is 29.3 Å². The van der Waals surface area contributed by atoms with Crippen LogP contribution in [-0.4, -0.2) is 34.3 Å². The van der Waals surface area contributed by atoms with E-state index in [1.807, 2.05) is 0 Å². The summed E-state index contributed by atoms with van der Waals surface area (Å²) in [6.07, 6.45) is -1.34. The molecule has 0 heterocycles. The highest BCUT2D eigenvalue weighted by Gasteiger charge is 2.18. The molecule has 0 fully saturated rings. The maximum Gasteiger partial charge on any atom is 0.153 e. The number of hydrogen-bond acceptors (Lipinski definition) is 5. The normalized spacial score (nSPS) is 14.4. The van der Waals surface area contributed by atoms with Gasteiger partial charge in [-0.15, -0.1) is 0 Å². The third kappa shape index (κ3) is 2.79. The van der Waals surface area contributed by atoms with Crippen LogP contribution >= 0.6 is 0 Å². The minimum absolute atomic E-state index is 0.0801. The van der Waals surface area contributed by atoms with E-state index in [1.165, 1.54) is 18.2 Å². The van der Waals surface area contributed by atoms with Crippen molar-refractivity contribution in [1.82, 2.24) is 0 Å². The fourth-order valence-electron chi connectivity index (χ4n) is 1.40. The largest absolute Gasteiger partial charge is 0.507 e. The zero-order chi connectivity index (χ0) is 12.1. The molecule has 0 saturated heterocycles. The van der Waals surface area contributed by atoms with Gasteiger partial charge in [-0.3, -0.25) is 4.79 Å². The molecule has 0 radical (unpaired) electrons. The molecule has 5 nitrogen and oxygen atoms in total. The highest BCUT2D eigenvalue weighted by molar-refractivity contribution is 5.79. The van der Waals surface area contributed by atoms with E-state index in [0.29, 0.717) is 11.8 Å². The first-order valence-electron chi connectivity index (χ1n) is 4.94. The number of aldehydes is 1.